The van der Waals surface area contributed by atoms with Gasteiger partial charge in [-0.3, -0.25) is 4.98 Å². The maximum absolute atomic E-state index is 5.57. The van der Waals surface area contributed by atoms with Crippen LogP contribution in [0.3, 0.4) is 0 Å². The molecule has 0 aliphatic carbocycles. The Morgan fingerprint density at radius 1 is 1.16 bits per heavy atom. The molecule has 0 saturated heterocycles. The van der Waals surface area contributed by atoms with Crippen LogP contribution in [0, 0.1) is 0 Å². The van der Waals surface area contributed by atoms with Gasteiger partial charge >= 0.3 is 0 Å². The van der Waals surface area contributed by atoms with E-state index in [9.17, 15) is 0 Å². The van der Waals surface area contributed by atoms with E-state index in [0.717, 1.165) is 21.6 Å². The molecule has 2 heterocycles. The van der Waals surface area contributed by atoms with Crippen molar-refractivity contribution in [1.82, 2.24) is 9.97 Å². The second kappa shape index (κ2) is 4.91. The van der Waals surface area contributed by atoms with E-state index in [1.807, 2.05) is 29.8 Å². The van der Waals surface area contributed by atoms with E-state index in [4.69, 9.17) is 18.0 Å². The minimum absolute atomic E-state index is 0.293. The van der Waals surface area contributed by atoms with Crippen molar-refractivity contribution in [2.45, 2.75) is 0 Å². The summed E-state index contributed by atoms with van der Waals surface area (Å²) in [4.78, 5) is 8.65. The van der Waals surface area contributed by atoms with Crippen molar-refractivity contribution in [3.63, 3.8) is 0 Å². The van der Waals surface area contributed by atoms with Crippen LogP contribution in [0.4, 0.5) is 11.4 Å². The van der Waals surface area contributed by atoms with Crippen molar-refractivity contribution in [2.24, 2.45) is 5.73 Å². The van der Waals surface area contributed by atoms with Crippen molar-refractivity contribution in [1.29, 1.82) is 0 Å². The molecule has 3 N–H and O–H groups in total. The Hall–Kier alpha value is -2.05. The minimum atomic E-state index is 0.293. The third kappa shape index (κ3) is 2.54. The number of benzene rings is 1. The molecule has 1 aromatic carbocycles. The average Bonchev–Trinajstić information content (AvgIpc) is 2.86. The highest BCUT2D eigenvalue weighted by molar-refractivity contribution is 7.80. The monoisotopic (exact) mass is 286 g/mol. The molecule has 0 aliphatic heterocycles. The maximum Gasteiger partial charge on any atom is 0.122 e. The summed E-state index contributed by atoms with van der Waals surface area (Å²) in [5.74, 6) is 0. The SMILES string of the molecule is NC(=S)c1cc(Nc2ccc3ncsc3c2)ccn1. The van der Waals surface area contributed by atoms with E-state index in [1.54, 1.807) is 17.5 Å². The lowest BCUT2D eigenvalue weighted by atomic mass is 10.2. The smallest absolute Gasteiger partial charge is 0.122 e. The lowest BCUT2D eigenvalue weighted by molar-refractivity contribution is 1.29. The zero-order chi connectivity index (χ0) is 13.2. The van der Waals surface area contributed by atoms with Gasteiger partial charge < -0.3 is 11.1 Å². The first-order valence-corrected chi connectivity index (χ1v) is 6.87. The molecule has 0 saturated carbocycles. The van der Waals surface area contributed by atoms with Crippen molar-refractivity contribution in [3.05, 3.63) is 47.7 Å². The first-order chi connectivity index (χ1) is 9.22. The molecule has 3 aromatic rings. The summed E-state index contributed by atoms with van der Waals surface area (Å²) < 4.78 is 1.15. The third-order valence-electron chi connectivity index (χ3n) is 2.63. The predicted octanol–water partition coefficient (Wildman–Crippen LogP) is 3.07. The summed E-state index contributed by atoms with van der Waals surface area (Å²) in [5, 5.41) is 3.30. The molecule has 0 amide bonds. The van der Waals surface area contributed by atoms with Crippen molar-refractivity contribution in [2.75, 3.05) is 5.32 Å². The highest BCUT2D eigenvalue weighted by Crippen LogP contribution is 2.24. The molecule has 6 heteroatoms. The summed E-state index contributed by atoms with van der Waals surface area (Å²) in [7, 11) is 0. The Morgan fingerprint density at radius 2 is 2.00 bits per heavy atom. The Morgan fingerprint density at radius 3 is 2.84 bits per heavy atom. The van der Waals surface area contributed by atoms with E-state index >= 15 is 0 Å². The number of fused-ring (bicyclic) bond motifs is 1. The van der Waals surface area contributed by atoms with Gasteiger partial charge in [0.15, 0.2) is 0 Å². The fourth-order valence-corrected chi connectivity index (χ4v) is 2.57. The zero-order valence-corrected chi connectivity index (χ0v) is 11.5. The van der Waals surface area contributed by atoms with Crippen LogP contribution < -0.4 is 11.1 Å². The van der Waals surface area contributed by atoms with Gasteiger partial charge in [0.1, 0.15) is 4.99 Å². The number of aromatic nitrogens is 2. The molecular formula is C13H10N4S2. The summed E-state index contributed by atoms with van der Waals surface area (Å²) in [6.45, 7) is 0. The topological polar surface area (TPSA) is 63.8 Å². The summed E-state index contributed by atoms with van der Waals surface area (Å²) in [6, 6.07) is 9.75. The quantitative estimate of drug-likeness (QED) is 0.724. The molecule has 0 aliphatic rings. The second-order valence-electron chi connectivity index (χ2n) is 3.95. The zero-order valence-electron chi connectivity index (χ0n) is 9.83. The van der Waals surface area contributed by atoms with Crippen LogP contribution in [0.1, 0.15) is 5.69 Å². The van der Waals surface area contributed by atoms with Crippen LogP contribution in [0.15, 0.2) is 42.0 Å². The average molecular weight is 286 g/mol. The molecule has 0 bridgehead atoms. The fourth-order valence-electron chi connectivity index (χ4n) is 1.74. The first kappa shape index (κ1) is 12.0. The van der Waals surface area contributed by atoms with Crippen LogP contribution in [0.5, 0.6) is 0 Å². The number of pyridine rings is 1. The highest BCUT2D eigenvalue weighted by Gasteiger charge is 2.02. The van der Waals surface area contributed by atoms with Crippen LogP contribution in [0.2, 0.25) is 0 Å². The largest absolute Gasteiger partial charge is 0.388 e. The van der Waals surface area contributed by atoms with Gasteiger partial charge in [-0.1, -0.05) is 12.2 Å². The number of hydrogen-bond acceptors (Lipinski definition) is 5. The van der Waals surface area contributed by atoms with Gasteiger partial charge in [-0.15, -0.1) is 11.3 Å². The summed E-state index contributed by atoms with van der Waals surface area (Å²) in [6.07, 6.45) is 1.68. The van der Waals surface area contributed by atoms with Crippen molar-refractivity contribution < 1.29 is 0 Å². The summed E-state index contributed by atoms with van der Waals surface area (Å²) in [5.41, 5.74) is 10.9. The molecule has 0 unspecified atom stereocenters. The van der Waals surface area contributed by atoms with Gasteiger partial charge in [0, 0.05) is 17.6 Å². The Kier molecular flexibility index (Phi) is 3.10. The summed E-state index contributed by atoms with van der Waals surface area (Å²) >= 11 is 6.53. The molecule has 0 radical (unpaired) electrons. The molecule has 0 spiro atoms. The standard InChI is InChI=1S/C13H10N4S2/c14-13(18)11-5-9(3-4-15-11)17-8-1-2-10-12(6-8)19-7-16-10/h1-7H,(H2,14,18)(H,15,17). The van der Waals surface area contributed by atoms with Gasteiger partial charge in [-0.2, -0.15) is 0 Å². The predicted molar refractivity (Wildman–Crippen MR) is 83.0 cm³/mol. The van der Waals surface area contributed by atoms with Gasteiger partial charge in [0.25, 0.3) is 0 Å². The molecular weight excluding hydrogens is 276 g/mol. The number of rotatable bonds is 3. The fraction of sp³-hybridized carbons (Fsp3) is 0. The van der Waals surface area contributed by atoms with Gasteiger partial charge in [-0.05, 0) is 30.3 Å². The van der Waals surface area contributed by atoms with Gasteiger partial charge in [0.05, 0.1) is 21.4 Å². The molecule has 0 fully saturated rings. The van der Waals surface area contributed by atoms with E-state index in [1.165, 1.54) is 0 Å². The van der Waals surface area contributed by atoms with Crippen molar-refractivity contribution in [3.8, 4) is 0 Å². The lowest BCUT2D eigenvalue weighted by Gasteiger charge is -2.07. The van der Waals surface area contributed by atoms with Gasteiger partial charge in [-0.25, -0.2) is 4.98 Å². The number of nitrogens with two attached hydrogens (primary N) is 1. The van der Waals surface area contributed by atoms with Crippen LogP contribution in [0.25, 0.3) is 10.2 Å². The third-order valence-corrected chi connectivity index (χ3v) is 3.63. The van der Waals surface area contributed by atoms with E-state index in [-0.39, 0.29) is 0 Å². The number of hydrogen-bond donors (Lipinski definition) is 2. The highest BCUT2D eigenvalue weighted by atomic mass is 32.1. The number of thiazole rings is 1. The normalized spacial score (nSPS) is 10.5. The molecule has 4 nitrogen and oxygen atoms in total. The van der Waals surface area contributed by atoms with E-state index < -0.39 is 0 Å². The number of anilines is 2. The number of thiocarbonyl (C=S) groups is 1. The van der Waals surface area contributed by atoms with Crippen LogP contribution in [-0.2, 0) is 0 Å². The molecule has 0 atom stereocenters. The van der Waals surface area contributed by atoms with E-state index in [2.05, 4.69) is 21.4 Å². The first-order valence-electron chi connectivity index (χ1n) is 5.58. The molecule has 94 valence electrons. The molecule has 19 heavy (non-hydrogen) atoms. The Bertz CT molecular complexity index is 751. The Labute approximate surface area is 119 Å². The Balaban J connectivity index is 1.91. The lowest BCUT2D eigenvalue weighted by Crippen LogP contribution is -2.11. The maximum atomic E-state index is 5.57. The number of nitrogens with zero attached hydrogens (tertiary/aromatic N) is 2. The molecule has 3 rings (SSSR count). The second-order valence-corrected chi connectivity index (χ2v) is 5.28. The van der Waals surface area contributed by atoms with Gasteiger partial charge in [0.2, 0.25) is 0 Å². The number of nitrogens with one attached hydrogen (secondary N) is 1. The van der Waals surface area contributed by atoms with Crippen LogP contribution >= 0.6 is 23.6 Å². The van der Waals surface area contributed by atoms with Crippen LogP contribution in [-0.4, -0.2) is 15.0 Å². The van der Waals surface area contributed by atoms with E-state index in [0.29, 0.717) is 10.7 Å². The van der Waals surface area contributed by atoms with Crippen molar-refractivity contribution >= 4 is 50.1 Å². The minimum Gasteiger partial charge on any atom is -0.388 e. The molecule has 2 aromatic heterocycles.